The number of sulfonamides is 1. The van der Waals surface area contributed by atoms with E-state index in [0.717, 1.165) is 6.42 Å². The largest absolute Gasteiger partial charge is 0.495 e. The smallest absolute Gasteiger partial charge is 0.244 e. The second kappa shape index (κ2) is 5.79. The lowest BCUT2D eigenvalue weighted by molar-refractivity contribution is 0.377. The minimum Gasteiger partial charge on any atom is -0.495 e. The molecule has 6 heteroatoms. The summed E-state index contributed by atoms with van der Waals surface area (Å²) in [5, 5.41) is 0. The summed E-state index contributed by atoms with van der Waals surface area (Å²) in [5.41, 5.74) is 6.09. The molecule has 0 amide bonds. The summed E-state index contributed by atoms with van der Waals surface area (Å²) < 4.78 is 32.0. The molecule has 0 saturated heterocycles. The first-order chi connectivity index (χ1) is 8.65. The van der Waals surface area contributed by atoms with Crippen molar-refractivity contribution in [3.05, 3.63) is 18.2 Å². The zero-order chi connectivity index (χ0) is 14.7. The fraction of sp³-hybridized carbons (Fsp3) is 0.538. The first-order valence-electron chi connectivity index (χ1n) is 6.09. The summed E-state index contributed by atoms with van der Waals surface area (Å²) in [5.74, 6) is 0.289. The third-order valence-corrected chi connectivity index (χ3v) is 4.13. The molecule has 0 fully saturated rings. The van der Waals surface area contributed by atoms with Crippen molar-refractivity contribution >= 4 is 15.7 Å². The van der Waals surface area contributed by atoms with Gasteiger partial charge in [0.05, 0.1) is 7.11 Å². The number of benzene rings is 1. The van der Waals surface area contributed by atoms with Gasteiger partial charge in [0.15, 0.2) is 0 Å². The predicted molar refractivity (Wildman–Crippen MR) is 76.7 cm³/mol. The van der Waals surface area contributed by atoms with Gasteiger partial charge >= 0.3 is 0 Å². The number of anilines is 1. The Labute approximate surface area is 115 Å². The fourth-order valence-electron chi connectivity index (χ4n) is 1.54. The summed E-state index contributed by atoms with van der Waals surface area (Å²) in [6.07, 6.45) is 0.747. The van der Waals surface area contributed by atoms with Crippen LogP contribution in [-0.2, 0) is 10.0 Å². The molecule has 0 aliphatic heterocycles. The van der Waals surface area contributed by atoms with Crippen LogP contribution in [0.2, 0.25) is 0 Å². The van der Waals surface area contributed by atoms with Crippen LogP contribution in [0.4, 0.5) is 5.69 Å². The maximum Gasteiger partial charge on any atom is 0.244 e. The Morgan fingerprint density at radius 1 is 1.32 bits per heavy atom. The van der Waals surface area contributed by atoms with Gasteiger partial charge in [-0.05, 0) is 30.0 Å². The third-order valence-electron chi connectivity index (χ3n) is 2.64. The number of nitrogens with one attached hydrogen (secondary N) is 1. The van der Waals surface area contributed by atoms with Crippen molar-refractivity contribution in [1.82, 2.24) is 4.72 Å². The summed E-state index contributed by atoms with van der Waals surface area (Å²) >= 11 is 0. The molecule has 1 aromatic carbocycles. The summed E-state index contributed by atoms with van der Waals surface area (Å²) in [6.45, 7) is 6.55. The van der Waals surface area contributed by atoms with E-state index in [-0.39, 0.29) is 16.1 Å². The van der Waals surface area contributed by atoms with Crippen molar-refractivity contribution in [3.63, 3.8) is 0 Å². The lowest BCUT2D eigenvalue weighted by atomic mass is 9.93. The second-order valence-electron chi connectivity index (χ2n) is 5.62. The van der Waals surface area contributed by atoms with Crippen molar-refractivity contribution in [2.24, 2.45) is 5.41 Å². The topological polar surface area (TPSA) is 81.4 Å². The van der Waals surface area contributed by atoms with Gasteiger partial charge in [-0.25, -0.2) is 13.1 Å². The molecule has 1 rings (SSSR count). The van der Waals surface area contributed by atoms with E-state index in [9.17, 15) is 8.42 Å². The highest BCUT2D eigenvalue weighted by Gasteiger charge is 2.20. The van der Waals surface area contributed by atoms with E-state index in [0.29, 0.717) is 12.2 Å². The highest BCUT2D eigenvalue weighted by Crippen LogP contribution is 2.26. The van der Waals surface area contributed by atoms with E-state index in [1.807, 2.05) is 0 Å². The maximum absolute atomic E-state index is 12.2. The molecule has 19 heavy (non-hydrogen) atoms. The zero-order valence-electron chi connectivity index (χ0n) is 11.9. The molecule has 0 radical (unpaired) electrons. The molecular weight excluding hydrogens is 264 g/mol. The van der Waals surface area contributed by atoms with Crippen LogP contribution in [0.25, 0.3) is 0 Å². The van der Waals surface area contributed by atoms with Crippen molar-refractivity contribution in [2.45, 2.75) is 32.1 Å². The van der Waals surface area contributed by atoms with E-state index >= 15 is 0 Å². The standard InChI is InChI=1S/C13H22N2O3S/c1-13(2,3)7-8-15-19(16,17)12-9-10(14)5-6-11(12)18-4/h5-6,9,15H,7-8,14H2,1-4H3. The van der Waals surface area contributed by atoms with Crippen LogP contribution in [0.5, 0.6) is 5.75 Å². The molecule has 1 aromatic rings. The van der Waals surface area contributed by atoms with E-state index < -0.39 is 10.0 Å². The molecule has 0 aromatic heterocycles. The molecule has 0 aliphatic carbocycles. The van der Waals surface area contributed by atoms with Crippen molar-refractivity contribution in [1.29, 1.82) is 0 Å². The van der Waals surface area contributed by atoms with Gasteiger partial charge in [-0.1, -0.05) is 20.8 Å². The van der Waals surface area contributed by atoms with Crippen LogP contribution in [-0.4, -0.2) is 22.1 Å². The number of nitrogens with two attached hydrogens (primary N) is 1. The monoisotopic (exact) mass is 286 g/mol. The fourth-order valence-corrected chi connectivity index (χ4v) is 2.78. The average molecular weight is 286 g/mol. The number of hydrogen-bond donors (Lipinski definition) is 2. The summed E-state index contributed by atoms with van der Waals surface area (Å²) in [7, 11) is -2.17. The molecule has 0 saturated carbocycles. The Bertz CT molecular complexity index is 533. The van der Waals surface area contributed by atoms with E-state index in [4.69, 9.17) is 10.5 Å². The van der Waals surface area contributed by atoms with Crippen molar-refractivity contribution in [3.8, 4) is 5.75 Å². The van der Waals surface area contributed by atoms with Gasteiger partial charge in [-0.3, -0.25) is 0 Å². The number of ether oxygens (including phenoxy) is 1. The Morgan fingerprint density at radius 2 is 1.95 bits per heavy atom. The van der Waals surface area contributed by atoms with Gasteiger partial charge in [0, 0.05) is 12.2 Å². The van der Waals surface area contributed by atoms with E-state index in [1.165, 1.54) is 13.2 Å². The van der Waals surface area contributed by atoms with Crippen LogP contribution >= 0.6 is 0 Å². The minimum atomic E-state index is -3.60. The number of hydrogen-bond acceptors (Lipinski definition) is 4. The molecule has 0 spiro atoms. The molecule has 0 atom stereocenters. The lowest BCUT2D eigenvalue weighted by Crippen LogP contribution is -2.27. The SMILES string of the molecule is COc1ccc(N)cc1S(=O)(=O)NCCC(C)(C)C. The van der Waals surface area contributed by atoms with Gasteiger partial charge < -0.3 is 10.5 Å². The molecule has 0 aliphatic rings. The third kappa shape index (κ3) is 4.72. The van der Waals surface area contributed by atoms with Gasteiger partial charge in [0.1, 0.15) is 10.6 Å². The first kappa shape index (κ1) is 15.8. The van der Waals surface area contributed by atoms with Crippen LogP contribution in [0, 0.1) is 5.41 Å². The Kier molecular flexibility index (Phi) is 4.81. The number of rotatable bonds is 5. The Morgan fingerprint density at radius 3 is 2.47 bits per heavy atom. The van der Waals surface area contributed by atoms with E-state index in [1.54, 1.807) is 12.1 Å². The average Bonchev–Trinajstić information content (AvgIpc) is 2.27. The van der Waals surface area contributed by atoms with Gasteiger partial charge in [0.2, 0.25) is 10.0 Å². The molecule has 0 bridgehead atoms. The molecule has 0 heterocycles. The van der Waals surface area contributed by atoms with Crippen LogP contribution in [0.3, 0.4) is 0 Å². The highest BCUT2D eigenvalue weighted by atomic mass is 32.2. The lowest BCUT2D eigenvalue weighted by Gasteiger charge is -2.18. The van der Waals surface area contributed by atoms with Crippen LogP contribution in [0.15, 0.2) is 23.1 Å². The predicted octanol–water partition coefficient (Wildman–Crippen LogP) is 1.99. The van der Waals surface area contributed by atoms with Crippen molar-refractivity contribution < 1.29 is 13.2 Å². The highest BCUT2D eigenvalue weighted by molar-refractivity contribution is 7.89. The number of nitrogen functional groups attached to an aromatic ring is 1. The summed E-state index contributed by atoms with van der Waals surface area (Å²) in [6, 6.07) is 4.55. The normalized spacial score (nSPS) is 12.4. The number of methoxy groups -OCH3 is 1. The maximum atomic E-state index is 12.2. The quantitative estimate of drug-likeness (QED) is 0.811. The van der Waals surface area contributed by atoms with Gasteiger partial charge in [-0.2, -0.15) is 0 Å². The molecule has 0 unspecified atom stereocenters. The van der Waals surface area contributed by atoms with Crippen LogP contribution < -0.4 is 15.2 Å². The second-order valence-corrected chi connectivity index (χ2v) is 7.35. The van der Waals surface area contributed by atoms with Gasteiger partial charge in [-0.15, -0.1) is 0 Å². The Balaban J connectivity index is 2.91. The minimum absolute atomic E-state index is 0.0717. The van der Waals surface area contributed by atoms with Crippen LogP contribution in [0.1, 0.15) is 27.2 Å². The van der Waals surface area contributed by atoms with Crippen molar-refractivity contribution in [2.75, 3.05) is 19.4 Å². The molecule has 5 nitrogen and oxygen atoms in total. The first-order valence-corrected chi connectivity index (χ1v) is 7.57. The molecular formula is C13H22N2O3S. The Hall–Kier alpha value is -1.27. The molecule has 108 valence electrons. The zero-order valence-corrected chi connectivity index (χ0v) is 12.7. The van der Waals surface area contributed by atoms with Gasteiger partial charge in [0.25, 0.3) is 0 Å². The van der Waals surface area contributed by atoms with E-state index in [2.05, 4.69) is 25.5 Å². The molecule has 3 N–H and O–H groups in total. The summed E-state index contributed by atoms with van der Waals surface area (Å²) in [4.78, 5) is 0.0731.